The molecule has 0 aliphatic heterocycles. The van der Waals surface area contributed by atoms with Crippen molar-refractivity contribution in [2.45, 2.75) is 6.92 Å². The molecule has 0 aliphatic carbocycles. The monoisotopic (exact) mass is 343 g/mol. The van der Waals surface area contributed by atoms with Gasteiger partial charge in [-0.2, -0.15) is 0 Å². The first-order valence-corrected chi connectivity index (χ1v) is 8.18. The normalized spacial score (nSPS) is 10.2. The topological polar surface area (TPSA) is 54.5 Å². The van der Waals surface area contributed by atoms with E-state index in [4.69, 9.17) is 0 Å². The minimum Gasteiger partial charge on any atom is -0.268 e. The number of rotatable bonds is 3. The lowest BCUT2D eigenvalue weighted by Crippen LogP contribution is -2.42. The quantitative estimate of drug-likeness (QED) is 0.672. The van der Waals surface area contributed by atoms with Gasteiger partial charge in [-0.1, -0.05) is 54.1 Å². The zero-order valence-electron chi connectivity index (χ0n) is 14.3. The van der Waals surface area contributed by atoms with Gasteiger partial charge in [-0.05, 0) is 43.3 Å². The van der Waals surface area contributed by atoms with Crippen LogP contribution in [0.5, 0.6) is 0 Å². The van der Waals surface area contributed by atoms with Gasteiger partial charge < -0.3 is 0 Å². The van der Waals surface area contributed by atoms with E-state index >= 15 is 0 Å². The van der Waals surface area contributed by atoms with E-state index in [1.165, 1.54) is 0 Å². The van der Waals surface area contributed by atoms with Crippen molar-refractivity contribution >= 4 is 17.7 Å². The van der Waals surface area contributed by atoms with Gasteiger partial charge in [0.25, 0.3) is 17.7 Å². The Morgan fingerprint density at radius 3 is 1.27 bits per heavy atom. The fourth-order valence-electron chi connectivity index (χ4n) is 2.52. The summed E-state index contributed by atoms with van der Waals surface area (Å²) < 4.78 is 0. The number of benzene rings is 3. The Morgan fingerprint density at radius 1 is 0.538 bits per heavy atom. The molecule has 0 unspecified atom stereocenters. The Hall–Kier alpha value is -3.53. The third-order valence-corrected chi connectivity index (χ3v) is 3.95. The SMILES string of the molecule is Cc1ccc(C(=O)N(C(=O)c2ccccc2)C(=O)c2ccccc2)cc1. The first-order chi connectivity index (χ1) is 12.6. The summed E-state index contributed by atoms with van der Waals surface area (Å²) in [7, 11) is 0. The van der Waals surface area contributed by atoms with Gasteiger partial charge >= 0.3 is 0 Å². The van der Waals surface area contributed by atoms with E-state index in [1.54, 1.807) is 84.9 Å². The lowest BCUT2D eigenvalue weighted by molar-refractivity contribution is 0.0538. The van der Waals surface area contributed by atoms with Gasteiger partial charge in [0.2, 0.25) is 0 Å². The highest BCUT2D eigenvalue weighted by Crippen LogP contribution is 2.15. The maximum atomic E-state index is 13.0. The third kappa shape index (κ3) is 3.59. The minimum absolute atomic E-state index is 0.275. The molecule has 4 nitrogen and oxygen atoms in total. The molecule has 0 aromatic heterocycles. The van der Waals surface area contributed by atoms with Gasteiger partial charge in [0.05, 0.1) is 0 Å². The van der Waals surface area contributed by atoms with E-state index in [0.29, 0.717) is 4.90 Å². The molecule has 3 aromatic carbocycles. The molecule has 3 amide bonds. The average molecular weight is 343 g/mol. The predicted octanol–water partition coefficient (Wildman–Crippen LogP) is 4.12. The summed E-state index contributed by atoms with van der Waals surface area (Å²) >= 11 is 0. The lowest BCUT2D eigenvalue weighted by atomic mass is 10.1. The number of aryl methyl sites for hydroxylation is 1. The van der Waals surface area contributed by atoms with E-state index in [9.17, 15) is 14.4 Å². The van der Waals surface area contributed by atoms with Gasteiger partial charge in [-0.3, -0.25) is 14.4 Å². The van der Waals surface area contributed by atoms with Crippen molar-refractivity contribution in [3.63, 3.8) is 0 Å². The molecule has 0 aliphatic rings. The molecule has 26 heavy (non-hydrogen) atoms. The van der Waals surface area contributed by atoms with Crippen LogP contribution in [0.25, 0.3) is 0 Å². The Morgan fingerprint density at radius 2 is 0.885 bits per heavy atom. The molecule has 0 atom stereocenters. The van der Waals surface area contributed by atoms with E-state index in [1.807, 2.05) is 6.92 Å². The number of carbonyl (C=O) groups is 3. The molecule has 0 bridgehead atoms. The van der Waals surface area contributed by atoms with E-state index in [2.05, 4.69) is 0 Å². The molecular formula is C22H17NO3. The fraction of sp³-hybridized carbons (Fsp3) is 0.0455. The maximum Gasteiger partial charge on any atom is 0.267 e. The van der Waals surface area contributed by atoms with Gasteiger partial charge in [-0.25, -0.2) is 4.90 Å². The molecule has 0 saturated carbocycles. The summed E-state index contributed by atoms with van der Waals surface area (Å²) in [5.74, 6) is -1.94. The van der Waals surface area contributed by atoms with Gasteiger partial charge in [-0.15, -0.1) is 0 Å². The third-order valence-electron chi connectivity index (χ3n) is 3.95. The maximum absolute atomic E-state index is 13.0. The zero-order chi connectivity index (χ0) is 18.5. The smallest absolute Gasteiger partial charge is 0.267 e. The first-order valence-electron chi connectivity index (χ1n) is 8.18. The summed E-state index contributed by atoms with van der Waals surface area (Å²) in [6, 6.07) is 23.4. The molecule has 0 heterocycles. The Balaban J connectivity index is 2.04. The Labute approximate surface area is 151 Å². The van der Waals surface area contributed by atoms with Crippen molar-refractivity contribution in [3.8, 4) is 0 Å². The highest BCUT2D eigenvalue weighted by Gasteiger charge is 2.31. The summed E-state index contributed by atoms with van der Waals surface area (Å²) in [5, 5.41) is 0. The van der Waals surface area contributed by atoms with Gasteiger partial charge in [0.15, 0.2) is 0 Å². The van der Waals surface area contributed by atoms with Crippen molar-refractivity contribution in [1.29, 1.82) is 0 Å². The number of hydrogen-bond acceptors (Lipinski definition) is 3. The van der Waals surface area contributed by atoms with Crippen LogP contribution in [-0.2, 0) is 0 Å². The first kappa shape index (κ1) is 17.3. The van der Waals surface area contributed by atoms with Crippen LogP contribution in [0.15, 0.2) is 84.9 Å². The molecule has 128 valence electrons. The highest BCUT2D eigenvalue weighted by atomic mass is 16.2. The Kier molecular flexibility index (Phi) is 5.04. The van der Waals surface area contributed by atoms with Crippen molar-refractivity contribution in [1.82, 2.24) is 4.90 Å². The number of imide groups is 3. The molecule has 0 saturated heterocycles. The number of carbonyl (C=O) groups excluding carboxylic acids is 3. The fourth-order valence-corrected chi connectivity index (χ4v) is 2.52. The predicted molar refractivity (Wildman–Crippen MR) is 98.9 cm³/mol. The van der Waals surface area contributed by atoms with E-state index in [0.717, 1.165) is 5.56 Å². The zero-order valence-corrected chi connectivity index (χ0v) is 14.3. The average Bonchev–Trinajstić information content (AvgIpc) is 2.69. The molecule has 0 spiro atoms. The number of hydrogen-bond donors (Lipinski definition) is 0. The minimum atomic E-state index is -0.648. The largest absolute Gasteiger partial charge is 0.268 e. The van der Waals surface area contributed by atoms with Crippen LogP contribution in [0.2, 0.25) is 0 Å². The van der Waals surface area contributed by atoms with E-state index < -0.39 is 17.7 Å². The number of amides is 3. The molecular weight excluding hydrogens is 326 g/mol. The second-order valence-electron chi connectivity index (χ2n) is 5.85. The van der Waals surface area contributed by atoms with Crippen LogP contribution >= 0.6 is 0 Å². The summed E-state index contributed by atoms with van der Waals surface area (Å²) in [4.78, 5) is 39.5. The second kappa shape index (κ2) is 7.57. The standard InChI is InChI=1S/C22H17NO3/c1-16-12-14-19(15-13-16)22(26)23(20(24)17-8-4-2-5-9-17)21(25)18-10-6-3-7-11-18/h2-15H,1H3. The lowest BCUT2D eigenvalue weighted by Gasteiger charge is -2.19. The summed E-state index contributed by atoms with van der Waals surface area (Å²) in [5.41, 5.74) is 1.82. The van der Waals surface area contributed by atoms with Crippen LogP contribution in [0.1, 0.15) is 36.6 Å². The molecule has 0 radical (unpaired) electrons. The van der Waals surface area contributed by atoms with Crippen LogP contribution in [0.4, 0.5) is 0 Å². The van der Waals surface area contributed by atoms with Crippen molar-refractivity contribution in [2.24, 2.45) is 0 Å². The van der Waals surface area contributed by atoms with Crippen molar-refractivity contribution in [2.75, 3.05) is 0 Å². The van der Waals surface area contributed by atoms with Crippen LogP contribution in [0.3, 0.4) is 0 Å². The summed E-state index contributed by atoms with van der Waals surface area (Å²) in [6.45, 7) is 1.90. The van der Waals surface area contributed by atoms with Gasteiger partial charge in [0, 0.05) is 16.7 Å². The van der Waals surface area contributed by atoms with E-state index in [-0.39, 0.29) is 16.7 Å². The van der Waals surface area contributed by atoms with Crippen LogP contribution < -0.4 is 0 Å². The van der Waals surface area contributed by atoms with Crippen molar-refractivity contribution in [3.05, 3.63) is 107 Å². The second-order valence-corrected chi connectivity index (χ2v) is 5.85. The summed E-state index contributed by atoms with van der Waals surface area (Å²) in [6.07, 6.45) is 0. The molecule has 3 aromatic rings. The van der Waals surface area contributed by atoms with Crippen LogP contribution in [0, 0.1) is 6.92 Å². The molecule has 0 fully saturated rings. The molecule has 3 rings (SSSR count). The van der Waals surface area contributed by atoms with Crippen LogP contribution in [-0.4, -0.2) is 22.6 Å². The van der Waals surface area contributed by atoms with Crippen molar-refractivity contribution < 1.29 is 14.4 Å². The molecule has 4 heteroatoms. The van der Waals surface area contributed by atoms with Gasteiger partial charge in [0.1, 0.15) is 0 Å². The molecule has 0 N–H and O–H groups in total. The number of nitrogens with zero attached hydrogens (tertiary/aromatic N) is 1. The Bertz CT molecular complexity index is 881. The highest BCUT2D eigenvalue weighted by molar-refractivity contribution is 6.23.